The lowest BCUT2D eigenvalue weighted by molar-refractivity contribution is 0.0730. The van der Waals surface area contributed by atoms with Gasteiger partial charge in [0.25, 0.3) is 5.91 Å². The number of piperazine rings is 1. The van der Waals surface area contributed by atoms with Crippen LogP contribution in [-0.2, 0) is 7.05 Å². The summed E-state index contributed by atoms with van der Waals surface area (Å²) in [6, 6.07) is 0. The van der Waals surface area contributed by atoms with Crippen LogP contribution in [0.25, 0.3) is 0 Å². The molecule has 1 saturated heterocycles. The molecule has 0 atom stereocenters. The van der Waals surface area contributed by atoms with Gasteiger partial charge < -0.3 is 10.2 Å². The van der Waals surface area contributed by atoms with E-state index in [1.165, 1.54) is 4.68 Å². The standard InChI is InChI=1S/C8H13N5O/c1-12-6-7(10-11-12)8(14)13-4-2-9-3-5-13/h6,9H,2-5H2,1H3. The molecular weight excluding hydrogens is 182 g/mol. The third kappa shape index (κ3) is 1.74. The molecule has 1 fully saturated rings. The number of rotatable bonds is 1. The first kappa shape index (κ1) is 9.14. The molecule has 76 valence electrons. The van der Waals surface area contributed by atoms with Crippen molar-refractivity contribution in [3.8, 4) is 0 Å². The molecule has 1 aromatic rings. The van der Waals surface area contributed by atoms with Crippen LogP contribution in [0.3, 0.4) is 0 Å². The molecule has 1 N–H and O–H groups in total. The lowest BCUT2D eigenvalue weighted by atomic mass is 10.3. The summed E-state index contributed by atoms with van der Waals surface area (Å²) in [4.78, 5) is 13.6. The molecule has 0 aliphatic carbocycles. The minimum atomic E-state index is -0.0281. The highest BCUT2D eigenvalue weighted by Crippen LogP contribution is 2.01. The second kappa shape index (κ2) is 3.75. The average molecular weight is 195 g/mol. The van der Waals surface area contributed by atoms with Crippen molar-refractivity contribution in [1.29, 1.82) is 0 Å². The Labute approximate surface area is 81.9 Å². The Balaban J connectivity index is 2.07. The van der Waals surface area contributed by atoms with Crippen molar-refractivity contribution in [3.05, 3.63) is 11.9 Å². The minimum Gasteiger partial charge on any atom is -0.335 e. The van der Waals surface area contributed by atoms with Crippen LogP contribution in [-0.4, -0.2) is 52.0 Å². The van der Waals surface area contributed by atoms with E-state index in [1.54, 1.807) is 18.1 Å². The minimum absolute atomic E-state index is 0.0281. The van der Waals surface area contributed by atoms with Crippen LogP contribution in [0.5, 0.6) is 0 Å². The van der Waals surface area contributed by atoms with Crippen LogP contribution in [0.2, 0.25) is 0 Å². The van der Waals surface area contributed by atoms with Crippen molar-refractivity contribution >= 4 is 5.91 Å². The van der Waals surface area contributed by atoms with E-state index in [-0.39, 0.29) is 5.91 Å². The van der Waals surface area contributed by atoms with Crippen molar-refractivity contribution in [2.75, 3.05) is 26.2 Å². The number of carbonyl (C=O) groups excluding carboxylic acids is 1. The highest BCUT2D eigenvalue weighted by atomic mass is 16.2. The van der Waals surface area contributed by atoms with Crippen molar-refractivity contribution < 1.29 is 4.79 Å². The monoisotopic (exact) mass is 195 g/mol. The molecule has 0 radical (unpaired) electrons. The maximum atomic E-state index is 11.8. The van der Waals surface area contributed by atoms with Gasteiger partial charge >= 0.3 is 0 Å². The van der Waals surface area contributed by atoms with Gasteiger partial charge in [0.05, 0.1) is 6.20 Å². The molecule has 2 rings (SSSR count). The number of aryl methyl sites for hydroxylation is 1. The lowest BCUT2D eigenvalue weighted by Crippen LogP contribution is -2.46. The summed E-state index contributed by atoms with van der Waals surface area (Å²) in [7, 11) is 1.75. The normalized spacial score (nSPS) is 17.1. The molecule has 6 nitrogen and oxygen atoms in total. The van der Waals surface area contributed by atoms with Gasteiger partial charge in [0.2, 0.25) is 0 Å². The Kier molecular flexibility index (Phi) is 2.45. The molecular formula is C8H13N5O. The number of carbonyl (C=O) groups is 1. The summed E-state index contributed by atoms with van der Waals surface area (Å²) >= 11 is 0. The van der Waals surface area contributed by atoms with E-state index in [1.807, 2.05) is 0 Å². The molecule has 0 bridgehead atoms. The Morgan fingerprint density at radius 1 is 1.50 bits per heavy atom. The topological polar surface area (TPSA) is 63.1 Å². The predicted molar refractivity (Wildman–Crippen MR) is 49.8 cm³/mol. The fourth-order valence-corrected chi connectivity index (χ4v) is 1.48. The first-order valence-electron chi connectivity index (χ1n) is 4.63. The van der Waals surface area contributed by atoms with Crippen molar-refractivity contribution in [3.63, 3.8) is 0 Å². The zero-order chi connectivity index (χ0) is 9.97. The summed E-state index contributed by atoms with van der Waals surface area (Å²) < 4.78 is 1.54. The van der Waals surface area contributed by atoms with E-state index >= 15 is 0 Å². The van der Waals surface area contributed by atoms with Gasteiger partial charge in [0.15, 0.2) is 5.69 Å². The van der Waals surface area contributed by atoms with E-state index in [2.05, 4.69) is 15.6 Å². The maximum Gasteiger partial charge on any atom is 0.276 e. The van der Waals surface area contributed by atoms with Crippen LogP contribution in [0.1, 0.15) is 10.5 Å². The van der Waals surface area contributed by atoms with Crippen LogP contribution in [0.15, 0.2) is 6.20 Å². The molecule has 0 unspecified atom stereocenters. The molecule has 1 aromatic heterocycles. The number of hydrogen-bond donors (Lipinski definition) is 1. The van der Waals surface area contributed by atoms with Crippen LogP contribution >= 0.6 is 0 Å². The van der Waals surface area contributed by atoms with Gasteiger partial charge in [0.1, 0.15) is 0 Å². The molecule has 1 amide bonds. The zero-order valence-electron chi connectivity index (χ0n) is 8.10. The number of hydrogen-bond acceptors (Lipinski definition) is 4. The lowest BCUT2D eigenvalue weighted by Gasteiger charge is -2.26. The molecule has 14 heavy (non-hydrogen) atoms. The molecule has 6 heteroatoms. The number of nitrogens with one attached hydrogen (secondary N) is 1. The highest BCUT2D eigenvalue weighted by Gasteiger charge is 2.19. The predicted octanol–water partition coefficient (Wildman–Crippen LogP) is -1.14. The fraction of sp³-hybridized carbons (Fsp3) is 0.625. The maximum absolute atomic E-state index is 11.8. The van der Waals surface area contributed by atoms with Crippen LogP contribution in [0.4, 0.5) is 0 Å². The SMILES string of the molecule is Cn1cc(C(=O)N2CCNCC2)nn1. The highest BCUT2D eigenvalue weighted by molar-refractivity contribution is 5.92. The first-order chi connectivity index (χ1) is 6.77. The van der Waals surface area contributed by atoms with E-state index in [9.17, 15) is 4.79 Å². The van der Waals surface area contributed by atoms with Crippen molar-refractivity contribution in [2.24, 2.45) is 7.05 Å². The summed E-state index contributed by atoms with van der Waals surface area (Å²) in [6.45, 7) is 3.20. The van der Waals surface area contributed by atoms with Gasteiger partial charge in [-0.05, 0) is 0 Å². The Morgan fingerprint density at radius 2 is 2.21 bits per heavy atom. The van der Waals surface area contributed by atoms with Crippen molar-refractivity contribution in [2.45, 2.75) is 0 Å². The number of nitrogens with zero attached hydrogens (tertiary/aromatic N) is 4. The summed E-state index contributed by atoms with van der Waals surface area (Å²) in [5.41, 5.74) is 0.425. The van der Waals surface area contributed by atoms with Gasteiger partial charge in [-0.1, -0.05) is 5.21 Å². The molecule has 1 aliphatic rings. The summed E-state index contributed by atoms with van der Waals surface area (Å²) in [6.07, 6.45) is 1.64. The second-order valence-corrected chi connectivity index (χ2v) is 3.32. The third-order valence-electron chi connectivity index (χ3n) is 2.23. The van der Waals surface area contributed by atoms with E-state index in [0.717, 1.165) is 26.2 Å². The molecule has 0 spiro atoms. The van der Waals surface area contributed by atoms with Gasteiger partial charge in [0, 0.05) is 33.2 Å². The summed E-state index contributed by atoms with van der Waals surface area (Å²) in [5, 5.41) is 10.7. The largest absolute Gasteiger partial charge is 0.335 e. The molecule has 0 aromatic carbocycles. The smallest absolute Gasteiger partial charge is 0.276 e. The van der Waals surface area contributed by atoms with Crippen LogP contribution in [0, 0.1) is 0 Å². The van der Waals surface area contributed by atoms with E-state index in [4.69, 9.17) is 0 Å². The molecule has 2 heterocycles. The average Bonchev–Trinajstić information content (AvgIpc) is 2.65. The molecule has 0 saturated carbocycles. The quantitative estimate of drug-likeness (QED) is 0.615. The zero-order valence-corrected chi connectivity index (χ0v) is 8.10. The number of aromatic nitrogens is 3. The fourth-order valence-electron chi connectivity index (χ4n) is 1.48. The molecule has 1 aliphatic heterocycles. The van der Waals surface area contributed by atoms with E-state index in [0.29, 0.717) is 5.69 Å². The number of amides is 1. The Morgan fingerprint density at radius 3 is 2.79 bits per heavy atom. The van der Waals surface area contributed by atoms with E-state index < -0.39 is 0 Å². The second-order valence-electron chi connectivity index (χ2n) is 3.32. The third-order valence-corrected chi connectivity index (χ3v) is 2.23. The summed E-state index contributed by atoms with van der Waals surface area (Å²) in [5.74, 6) is -0.0281. The first-order valence-corrected chi connectivity index (χ1v) is 4.63. The van der Waals surface area contributed by atoms with Gasteiger partial charge in [-0.15, -0.1) is 5.10 Å². The Hall–Kier alpha value is -1.43. The van der Waals surface area contributed by atoms with Gasteiger partial charge in [-0.2, -0.15) is 0 Å². The van der Waals surface area contributed by atoms with Crippen LogP contribution < -0.4 is 5.32 Å². The van der Waals surface area contributed by atoms with Gasteiger partial charge in [-0.25, -0.2) is 0 Å². The van der Waals surface area contributed by atoms with Gasteiger partial charge in [-0.3, -0.25) is 9.48 Å². The Bertz CT molecular complexity index is 328. The van der Waals surface area contributed by atoms with Crippen molar-refractivity contribution in [1.82, 2.24) is 25.2 Å².